The van der Waals surface area contributed by atoms with Crippen molar-refractivity contribution in [2.45, 2.75) is 25.8 Å². The van der Waals surface area contributed by atoms with Crippen LogP contribution in [-0.4, -0.2) is 14.8 Å². The Balaban J connectivity index is 2.30. The molecular weight excluding hydrogens is 257 g/mol. The molecule has 1 aromatic heterocycles. The number of nitrogens with zero attached hydrogens (tertiary/aromatic N) is 3. The van der Waals surface area contributed by atoms with Crippen molar-refractivity contribution in [3.63, 3.8) is 0 Å². The van der Waals surface area contributed by atoms with E-state index in [0.29, 0.717) is 12.3 Å². The lowest BCUT2D eigenvalue weighted by Crippen LogP contribution is -2.05. The van der Waals surface area contributed by atoms with Gasteiger partial charge in [0.25, 0.3) is 0 Å². The minimum Gasteiger partial charge on any atom is -0.314 e. The second kappa shape index (κ2) is 5.52. The summed E-state index contributed by atoms with van der Waals surface area (Å²) < 4.78 is 2.02. The molecule has 0 N–H and O–H groups in total. The first-order chi connectivity index (χ1) is 8.26. The van der Waals surface area contributed by atoms with Crippen molar-refractivity contribution >= 4 is 23.2 Å². The number of rotatable bonds is 4. The van der Waals surface area contributed by atoms with Gasteiger partial charge in [-0.15, -0.1) is 21.8 Å². The van der Waals surface area contributed by atoms with Crippen molar-refractivity contribution < 1.29 is 0 Å². The molecule has 5 heteroatoms. The van der Waals surface area contributed by atoms with Gasteiger partial charge in [0.15, 0.2) is 0 Å². The molecule has 17 heavy (non-hydrogen) atoms. The molecule has 0 aliphatic rings. The highest BCUT2D eigenvalue weighted by Gasteiger charge is 2.11. The minimum absolute atomic E-state index is 0.378. The number of halogens is 2. The summed E-state index contributed by atoms with van der Waals surface area (Å²) in [6.45, 7) is 2.87. The highest BCUT2D eigenvalue weighted by Crippen LogP contribution is 2.18. The summed E-state index contributed by atoms with van der Waals surface area (Å²) in [5.41, 5.74) is 1.05. The van der Waals surface area contributed by atoms with Crippen molar-refractivity contribution in [2.24, 2.45) is 0 Å². The van der Waals surface area contributed by atoms with Gasteiger partial charge in [-0.2, -0.15) is 0 Å². The molecule has 0 aliphatic carbocycles. The fourth-order valence-corrected chi connectivity index (χ4v) is 2.18. The number of hydrogen-bond acceptors (Lipinski definition) is 2. The van der Waals surface area contributed by atoms with Gasteiger partial charge in [0.05, 0.1) is 5.88 Å². The molecule has 0 aliphatic heterocycles. The molecule has 0 unspecified atom stereocenters. The van der Waals surface area contributed by atoms with E-state index < -0.39 is 0 Å². The van der Waals surface area contributed by atoms with Crippen LogP contribution in [0.25, 0.3) is 0 Å². The maximum absolute atomic E-state index is 6.13. The van der Waals surface area contributed by atoms with E-state index in [4.69, 9.17) is 23.2 Å². The summed E-state index contributed by atoms with van der Waals surface area (Å²) in [6, 6.07) is 7.76. The monoisotopic (exact) mass is 269 g/mol. The highest BCUT2D eigenvalue weighted by molar-refractivity contribution is 6.31. The Kier molecular flexibility index (Phi) is 4.02. The molecule has 0 bridgehead atoms. The Morgan fingerprint density at radius 1 is 1.18 bits per heavy atom. The van der Waals surface area contributed by atoms with Crippen LogP contribution in [0.2, 0.25) is 5.02 Å². The summed E-state index contributed by atoms with van der Waals surface area (Å²) in [6.07, 6.45) is 0.678. The van der Waals surface area contributed by atoms with Gasteiger partial charge in [0.1, 0.15) is 11.6 Å². The Bertz CT molecular complexity index is 508. The first kappa shape index (κ1) is 12.4. The van der Waals surface area contributed by atoms with Crippen LogP contribution < -0.4 is 0 Å². The molecule has 2 rings (SSSR count). The Morgan fingerprint density at radius 2 is 1.88 bits per heavy atom. The number of alkyl halides is 1. The van der Waals surface area contributed by atoms with Gasteiger partial charge < -0.3 is 4.57 Å². The molecule has 0 saturated carbocycles. The summed E-state index contributed by atoms with van der Waals surface area (Å²) >= 11 is 11.9. The van der Waals surface area contributed by atoms with E-state index >= 15 is 0 Å². The predicted molar refractivity (Wildman–Crippen MR) is 69.5 cm³/mol. The van der Waals surface area contributed by atoms with E-state index in [0.717, 1.165) is 28.8 Å². The maximum atomic E-state index is 6.13. The molecule has 3 nitrogen and oxygen atoms in total. The van der Waals surface area contributed by atoms with Crippen LogP contribution in [0.4, 0.5) is 0 Å². The van der Waals surface area contributed by atoms with Gasteiger partial charge in [-0.3, -0.25) is 0 Å². The Labute approximate surface area is 110 Å². The number of hydrogen-bond donors (Lipinski definition) is 0. The molecule has 0 atom stereocenters. The smallest absolute Gasteiger partial charge is 0.147 e. The maximum Gasteiger partial charge on any atom is 0.147 e. The van der Waals surface area contributed by atoms with Crippen LogP contribution in [0, 0.1) is 0 Å². The predicted octanol–water partition coefficient (Wildman–Crippen LogP) is 3.28. The average molecular weight is 270 g/mol. The zero-order valence-electron chi connectivity index (χ0n) is 9.53. The molecular formula is C12H13Cl2N3. The molecule has 0 spiro atoms. The molecule has 90 valence electrons. The Hall–Kier alpha value is -1.06. The van der Waals surface area contributed by atoms with Crippen molar-refractivity contribution in [3.8, 4) is 0 Å². The summed E-state index contributed by atoms with van der Waals surface area (Å²) in [5.74, 6) is 2.08. The van der Waals surface area contributed by atoms with Gasteiger partial charge in [-0.05, 0) is 18.6 Å². The second-order valence-corrected chi connectivity index (χ2v) is 4.35. The van der Waals surface area contributed by atoms with Crippen LogP contribution in [-0.2, 0) is 18.8 Å². The lowest BCUT2D eigenvalue weighted by atomic mass is 10.1. The van der Waals surface area contributed by atoms with E-state index in [2.05, 4.69) is 17.1 Å². The normalized spacial score (nSPS) is 10.8. The fourth-order valence-electron chi connectivity index (χ4n) is 1.78. The van der Waals surface area contributed by atoms with Crippen molar-refractivity contribution in [3.05, 3.63) is 46.5 Å². The second-order valence-electron chi connectivity index (χ2n) is 3.68. The zero-order valence-corrected chi connectivity index (χ0v) is 11.0. The molecule has 0 radical (unpaired) electrons. The number of benzene rings is 1. The van der Waals surface area contributed by atoms with Crippen LogP contribution in [0.1, 0.15) is 24.1 Å². The zero-order chi connectivity index (χ0) is 12.3. The molecule has 1 aromatic carbocycles. The number of aromatic nitrogens is 3. The van der Waals surface area contributed by atoms with E-state index in [9.17, 15) is 0 Å². The van der Waals surface area contributed by atoms with Gasteiger partial charge >= 0.3 is 0 Å². The minimum atomic E-state index is 0.378. The van der Waals surface area contributed by atoms with Gasteiger partial charge in [-0.25, -0.2) is 0 Å². The lowest BCUT2D eigenvalue weighted by molar-refractivity contribution is 0.687. The van der Waals surface area contributed by atoms with Gasteiger partial charge in [0, 0.05) is 18.0 Å². The molecule has 0 amide bonds. The van der Waals surface area contributed by atoms with Crippen molar-refractivity contribution in [1.29, 1.82) is 0 Å². The van der Waals surface area contributed by atoms with Crippen LogP contribution in [0.3, 0.4) is 0 Å². The third-order valence-corrected chi connectivity index (χ3v) is 3.25. The highest BCUT2D eigenvalue weighted by atomic mass is 35.5. The van der Waals surface area contributed by atoms with Gasteiger partial charge in [-0.1, -0.05) is 29.8 Å². The molecule has 0 saturated heterocycles. The van der Waals surface area contributed by atoms with E-state index in [1.54, 1.807) is 0 Å². The summed E-state index contributed by atoms with van der Waals surface area (Å²) in [7, 11) is 0. The third-order valence-electron chi connectivity index (χ3n) is 2.65. The average Bonchev–Trinajstić information content (AvgIpc) is 2.74. The van der Waals surface area contributed by atoms with Crippen LogP contribution in [0.5, 0.6) is 0 Å². The summed E-state index contributed by atoms with van der Waals surface area (Å²) in [5, 5.41) is 8.99. The summed E-state index contributed by atoms with van der Waals surface area (Å²) in [4.78, 5) is 0. The largest absolute Gasteiger partial charge is 0.314 e. The van der Waals surface area contributed by atoms with E-state index in [-0.39, 0.29) is 0 Å². The van der Waals surface area contributed by atoms with Crippen LogP contribution in [0.15, 0.2) is 24.3 Å². The first-order valence-corrected chi connectivity index (χ1v) is 6.37. The standard InChI is InChI=1S/C12H13Cl2N3/c1-2-17-11(15-16-12(17)8-13)7-9-5-3-4-6-10(9)14/h3-6H,2,7-8H2,1H3. The molecule has 1 heterocycles. The Morgan fingerprint density at radius 3 is 2.53 bits per heavy atom. The third kappa shape index (κ3) is 2.61. The van der Waals surface area contributed by atoms with Crippen molar-refractivity contribution in [2.75, 3.05) is 0 Å². The van der Waals surface area contributed by atoms with E-state index in [1.807, 2.05) is 28.8 Å². The van der Waals surface area contributed by atoms with E-state index in [1.165, 1.54) is 0 Å². The van der Waals surface area contributed by atoms with Crippen molar-refractivity contribution in [1.82, 2.24) is 14.8 Å². The quantitative estimate of drug-likeness (QED) is 0.798. The first-order valence-electron chi connectivity index (χ1n) is 5.46. The molecule has 2 aromatic rings. The van der Waals surface area contributed by atoms with Gasteiger partial charge in [0.2, 0.25) is 0 Å². The SMILES string of the molecule is CCn1c(CCl)nnc1Cc1ccccc1Cl. The van der Waals surface area contributed by atoms with Crippen LogP contribution >= 0.6 is 23.2 Å². The fraction of sp³-hybridized carbons (Fsp3) is 0.333. The topological polar surface area (TPSA) is 30.7 Å². The lowest BCUT2D eigenvalue weighted by Gasteiger charge is -2.07. The molecule has 0 fully saturated rings.